The lowest BCUT2D eigenvalue weighted by molar-refractivity contribution is -0.139. The monoisotopic (exact) mass is 343 g/mol. The van der Waals surface area contributed by atoms with Crippen molar-refractivity contribution in [3.63, 3.8) is 0 Å². The van der Waals surface area contributed by atoms with Gasteiger partial charge in [-0.2, -0.15) is 0 Å². The van der Waals surface area contributed by atoms with Gasteiger partial charge in [-0.15, -0.1) is 0 Å². The topological polar surface area (TPSA) is 75.6 Å². The van der Waals surface area contributed by atoms with Crippen LogP contribution in [0.25, 0.3) is 0 Å². The van der Waals surface area contributed by atoms with E-state index in [1.54, 1.807) is 26.2 Å². The van der Waals surface area contributed by atoms with Crippen LogP contribution in [0.4, 0.5) is 0 Å². The minimum atomic E-state index is -1.04. The van der Waals surface area contributed by atoms with Crippen LogP contribution >= 0.6 is 15.9 Å². The van der Waals surface area contributed by atoms with E-state index in [0.717, 1.165) is 10.0 Å². The Hall–Kier alpha value is -1.40. The van der Waals surface area contributed by atoms with Crippen molar-refractivity contribution < 1.29 is 19.4 Å². The maximum absolute atomic E-state index is 12.1. The van der Waals surface area contributed by atoms with Gasteiger partial charge < -0.3 is 15.2 Å². The lowest BCUT2D eigenvalue weighted by Gasteiger charge is -2.15. The molecule has 2 N–H and O–H groups in total. The Morgan fingerprint density at radius 2 is 2.15 bits per heavy atom. The van der Waals surface area contributed by atoms with Crippen molar-refractivity contribution in [3.05, 3.63) is 33.8 Å². The summed E-state index contributed by atoms with van der Waals surface area (Å²) in [5.74, 6) is -1.42. The van der Waals surface area contributed by atoms with Gasteiger partial charge in [-0.3, -0.25) is 4.79 Å². The lowest BCUT2D eigenvalue weighted by Crippen LogP contribution is -2.41. The molecule has 1 atom stereocenters. The number of halogens is 1. The Morgan fingerprint density at radius 3 is 2.75 bits per heavy atom. The number of benzene rings is 1. The molecule has 6 heteroatoms. The molecule has 0 aromatic heterocycles. The first-order valence-electron chi connectivity index (χ1n) is 6.25. The molecule has 0 heterocycles. The van der Waals surface area contributed by atoms with Crippen molar-refractivity contribution in [3.8, 4) is 0 Å². The van der Waals surface area contributed by atoms with Gasteiger partial charge in [0, 0.05) is 23.8 Å². The highest BCUT2D eigenvalue weighted by molar-refractivity contribution is 9.10. The largest absolute Gasteiger partial charge is 0.480 e. The number of rotatable bonds is 7. The van der Waals surface area contributed by atoms with E-state index in [0.29, 0.717) is 25.0 Å². The molecule has 0 radical (unpaired) electrons. The van der Waals surface area contributed by atoms with Crippen LogP contribution in [0.1, 0.15) is 28.8 Å². The van der Waals surface area contributed by atoms with E-state index in [4.69, 9.17) is 9.84 Å². The average molecular weight is 344 g/mol. The lowest BCUT2D eigenvalue weighted by atomic mass is 10.1. The van der Waals surface area contributed by atoms with E-state index in [1.165, 1.54) is 0 Å². The third-order valence-corrected chi connectivity index (χ3v) is 3.82. The molecule has 1 aromatic rings. The van der Waals surface area contributed by atoms with Crippen LogP contribution in [0.5, 0.6) is 0 Å². The standard InChI is InChI=1S/C14H18BrNO4/c1-9-10(5-3-6-11(9)15)13(17)16-12(14(18)19)7-4-8-20-2/h3,5-6,12H,4,7-8H2,1-2H3,(H,16,17)(H,18,19). The van der Waals surface area contributed by atoms with Crippen molar-refractivity contribution in [2.75, 3.05) is 13.7 Å². The highest BCUT2D eigenvalue weighted by Crippen LogP contribution is 2.19. The number of hydrogen-bond donors (Lipinski definition) is 2. The molecule has 1 amide bonds. The predicted octanol–water partition coefficient (Wildman–Crippen LogP) is 2.37. The minimum Gasteiger partial charge on any atom is -0.480 e. The first kappa shape index (κ1) is 16.7. The number of carbonyl (C=O) groups is 2. The van der Waals surface area contributed by atoms with Crippen molar-refractivity contribution in [2.24, 2.45) is 0 Å². The van der Waals surface area contributed by atoms with Crippen LogP contribution in [0.15, 0.2) is 22.7 Å². The van der Waals surface area contributed by atoms with Crippen LogP contribution in [0, 0.1) is 6.92 Å². The molecular formula is C14H18BrNO4. The number of nitrogens with one attached hydrogen (secondary N) is 1. The van der Waals surface area contributed by atoms with Gasteiger partial charge in [-0.1, -0.05) is 22.0 Å². The summed E-state index contributed by atoms with van der Waals surface area (Å²) in [5.41, 5.74) is 1.25. The second-order valence-corrected chi connectivity index (χ2v) is 5.27. The van der Waals surface area contributed by atoms with E-state index >= 15 is 0 Å². The quantitative estimate of drug-likeness (QED) is 0.745. The van der Waals surface area contributed by atoms with Gasteiger partial charge in [-0.25, -0.2) is 4.79 Å². The molecule has 0 saturated carbocycles. The zero-order chi connectivity index (χ0) is 15.1. The molecule has 0 aliphatic rings. The van der Waals surface area contributed by atoms with Gasteiger partial charge in [0.05, 0.1) is 0 Å². The van der Waals surface area contributed by atoms with Gasteiger partial charge in [0.15, 0.2) is 0 Å². The molecule has 1 aromatic carbocycles. The number of ether oxygens (including phenoxy) is 1. The van der Waals surface area contributed by atoms with Gasteiger partial charge in [0.25, 0.3) is 5.91 Å². The number of aliphatic carboxylic acids is 1. The summed E-state index contributed by atoms with van der Waals surface area (Å²) in [6.45, 7) is 2.27. The first-order chi connectivity index (χ1) is 9.47. The molecule has 0 spiro atoms. The highest BCUT2D eigenvalue weighted by atomic mass is 79.9. The van der Waals surface area contributed by atoms with Crippen molar-refractivity contribution in [2.45, 2.75) is 25.8 Å². The van der Waals surface area contributed by atoms with E-state index in [1.807, 2.05) is 6.07 Å². The number of carboxylic acids is 1. The Morgan fingerprint density at radius 1 is 1.45 bits per heavy atom. The number of methoxy groups -OCH3 is 1. The van der Waals surface area contributed by atoms with Gasteiger partial charge in [0.2, 0.25) is 0 Å². The molecule has 0 fully saturated rings. The fourth-order valence-corrected chi connectivity index (χ4v) is 2.14. The minimum absolute atomic E-state index is 0.335. The predicted molar refractivity (Wildman–Crippen MR) is 78.9 cm³/mol. The molecule has 0 aliphatic carbocycles. The maximum atomic E-state index is 12.1. The summed E-state index contributed by atoms with van der Waals surface area (Å²) < 4.78 is 5.70. The summed E-state index contributed by atoms with van der Waals surface area (Å²) in [4.78, 5) is 23.3. The van der Waals surface area contributed by atoms with E-state index in [-0.39, 0.29) is 5.91 Å². The zero-order valence-corrected chi connectivity index (χ0v) is 13.1. The summed E-state index contributed by atoms with van der Waals surface area (Å²) >= 11 is 3.35. The average Bonchev–Trinajstić information content (AvgIpc) is 2.40. The summed E-state index contributed by atoms with van der Waals surface area (Å²) in [5, 5.41) is 11.7. The first-order valence-corrected chi connectivity index (χ1v) is 7.04. The molecule has 20 heavy (non-hydrogen) atoms. The van der Waals surface area contributed by atoms with Crippen LogP contribution in [-0.4, -0.2) is 36.7 Å². The second-order valence-electron chi connectivity index (χ2n) is 4.41. The van der Waals surface area contributed by atoms with E-state index < -0.39 is 12.0 Å². The Kier molecular flexibility index (Phi) is 6.67. The number of hydrogen-bond acceptors (Lipinski definition) is 3. The zero-order valence-electron chi connectivity index (χ0n) is 11.5. The molecule has 0 saturated heterocycles. The van der Waals surface area contributed by atoms with Crippen molar-refractivity contribution in [1.29, 1.82) is 0 Å². The maximum Gasteiger partial charge on any atom is 0.326 e. The third-order valence-electron chi connectivity index (χ3n) is 2.96. The molecule has 0 aliphatic heterocycles. The SMILES string of the molecule is COCCCC(NC(=O)c1cccc(Br)c1C)C(=O)O. The third kappa shape index (κ3) is 4.61. The molecular weight excluding hydrogens is 326 g/mol. The number of amides is 1. The van der Waals surface area contributed by atoms with Crippen LogP contribution in [0.3, 0.4) is 0 Å². The summed E-state index contributed by atoms with van der Waals surface area (Å²) in [6.07, 6.45) is 0.910. The highest BCUT2D eigenvalue weighted by Gasteiger charge is 2.21. The second kappa shape index (κ2) is 8.01. The number of carbonyl (C=O) groups excluding carboxylic acids is 1. The molecule has 1 unspecified atom stereocenters. The van der Waals surface area contributed by atoms with Crippen LogP contribution in [0.2, 0.25) is 0 Å². The van der Waals surface area contributed by atoms with Crippen molar-refractivity contribution >= 4 is 27.8 Å². The fraction of sp³-hybridized carbons (Fsp3) is 0.429. The van der Waals surface area contributed by atoms with Gasteiger partial charge in [-0.05, 0) is 37.5 Å². The normalized spacial score (nSPS) is 11.9. The van der Waals surface area contributed by atoms with Crippen LogP contribution in [-0.2, 0) is 9.53 Å². The Bertz CT molecular complexity index is 490. The Labute approximate surface area is 126 Å². The van der Waals surface area contributed by atoms with Gasteiger partial charge in [0.1, 0.15) is 6.04 Å². The van der Waals surface area contributed by atoms with Gasteiger partial charge >= 0.3 is 5.97 Å². The molecule has 0 bridgehead atoms. The summed E-state index contributed by atoms with van der Waals surface area (Å²) in [6, 6.07) is 4.34. The number of carboxylic acid groups (broad SMARTS) is 1. The van der Waals surface area contributed by atoms with Crippen LogP contribution < -0.4 is 5.32 Å². The molecule has 5 nitrogen and oxygen atoms in total. The summed E-state index contributed by atoms with van der Waals surface area (Å²) in [7, 11) is 1.55. The van der Waals surface area contributed by atoms with Crippen molar-refractivity contribution in [1.82, 2.24) is 5.32 Å². The smallest absolute Gasteiger partial charge is 0.326 e. The van der Waals surface area contributed by atoms with E-state index in [2.05, 4.69) is 21.2 Å². The Balaban J connectivity index is 2.75. The fourth-order valence-electron chi connectivity index (χ4n) is 1.78. The molecule has 110 valence electrons. The van der Waals surface area contributed by atoms with E-state index in [9.17, 15) is 9.59 Å². The molecule has 1 rings (SSSR count).